The number of allylic oxidation sites excluding steroid dienone is 8. The van der Waals surface area contributed by atoms with Gasteiger partial charge in [-0.2, -0.15) is 0 Å². The van der Waals surface area contributed by atoms with Crippen molar-refractivity contribution in [3.63, 3.8) is 0 Å². The molecular formula is C40H38O20-2. The van der Waals surface area contributed by atoms with Crippen LogP contribution in [-0.2, 0) is 85.7 Å². The lowest BCUT2D eigenvalue weighted by Gasteiger charge is -2.45. The molecule has 4 aliphatic heterocycles. The Kier molecular flexibility index (Phi) is 13.0. The normalized spacial score (nSPS) is 28.3. The maximum absolute atomic E-state index is 12.9. The van der Waals surface area contributed by atoms with Gasteiger partial charge in [-0.05, 0) is 38.2 Å². The van der Waals surface area contributed by atoms with Crippen LogP contribution in [-0.4, -0.2) is 84.1 Å². The monoisotopic (exact) mass is 838 g/mol. The molecule has 2 unspecified atom stereocenters. The Labute approximate surface area is 340 Å². The summed E-state index contributed by atoms with van der Waals surface area (Å²) in [5.74, 6) is -15.8. The third kappa shape index (κ3) is 10.7. The number of esters is 8. The van der Waals surface area contributed by atoms with Crippen LogP contribution in [0.1, 0.15) is 66.2 Å². The van der Waals surface area contributed by atoms with Crippen molar-refractivity contribution < 1.29 is 95.9 Å². The average Bonchev–Trinajstić information content (AvgIpc) is 3.13. The Morgan fingerprint density at radius 1 is 0.517 bits per heavy atom. The maximum Gasteiger partial charge on any atom is 0.348 e. The van der Waals surface area contributed by atoms with Crippen LogP contribution in [0.2, 0.25) is 0 Å². The van der Waals surface area contributed by atoms with Crippen molar-refractivity contribution in [3.8, 4) is 0 Å². The molecule has 20 heteroatoms. The first-order valence-corrected chi connectivity index (χ1v) is 18.2. The lowest BCUT2D eigenvalue weighted by Crippen LogP contribution is -2.56. The Bertz CT molecular complexity index is 1910. The van der Waals surface area contributed by atoms with Gasteiger partial charge in [0.1, 0.15) is 11.1 Å². The van der Waals surface area contributed by atoms with E-state index in [1.165, 1.54) is 64.2 Å². The van der Waals surface area contributed by atoms with Gasteiger partial charge >= 0.3 is 47.8 Å². The second-order valence-corrected chi connectivity index (χ2v) is 13.9. The molecule has 60 heavy (non-hydrogen) atoms. The van der Waals surface area contributed by atoms with E-state index in [9.17, 15) is 48.6 Å². The molecule has 4 heterocycles. The second kappa shape index (κ2) is 17.8. The van der Waals surface area contributed by atoms with Gasteiger partial charge in [0, 0.05) is 52.4 Å². The van der Waals surface area contributed by atoms with Crippen molar-refractivity contribution in [2.45, 2.75) is 89.4 Å². The molecule has 0 radical (unpaired) electrons. The van der Waals surface area contributed by atoms with Gasteiger partial charge < -0.3 is 57.6 Å². The van der Waals surface area contributed by atoms with Crippen LogP contribution in [0.3, 0.4) is 0 Å². The molecule has 5 rings (SSSR count). The Morgan fingerprint density at radius 2 is 0.850 bits per heavy atom. The van der Waals surface area contributed by atoms with Gasteiger partial charge in [-0.1, -0.05) is 36.5 Å². The minimum atomic E-state index is -1.73. The highest BCUT2D eigenvalue weighted by atomic mass is 16.8. The maximum atomic E-state index is 12.9. The van der Waals surface area contributed by atoms with Crippen molar-refractivity contribution in [2.75, 3.05) is 13.2 Å². The van der Waals surface area contributed by atoms with Gasteiger partial charge in [0.15, 0.2) is 11.6 Å². The van der Waals surface area contributed by atoms with Crippen molar-refractivity contribution in [1.82, 2.24) is 0 Å². The van der Waals surface area contributed by atoms with Crippen LogP contribution in [0.4, 0.5) is 0 Å². The zero-order valence-electron chi connectivity index (χ0n) is 32.6. The lowest BCUT2D eigenvalue weighted by atomic mass is 9.87. The van der Waals surface area contributed by atoms with E-state index >= 15 is 0 Å². The fourth-order valence-corrected chi connectivity index (χ4v) is 5.98. The molecule has 2 atom stereocenters. The molecule has 0 aromatic rings. The fraction of sp³-hybridized carbons (Fsp3) is 0.400. The van der Waals surface area contributed by atoms with Crippen molar-refractivity contribution in [1.29, 1.82) is 0 Å². The fourth-order valence-electron chi connectivity index (χ4n) is 5.98. The summed E-state index contributed by atoms with van der Waals surface area (Å²) in [5.41, 5.74) is -1.82. The molecule has 0 aromatic heterocycles. The topological polar surface area (TPSA) is 275 Å². The number of carbonyl (C=O) groups excluding carboxylic acids is 8. The van der Waals surface area contributed by atoms with Crippen molar-refractivity contribution in [2.24, 2.45) is 0 Å². The third-order valence-corrected chi connectivity index (χ3v) is 9.10. The number of ether oxygens (including phenoxy) is 10. The first-order valence-electron chi connectivity index (χ1n) is 18.2. The molecule has 0 bridgehead atoms. The summed E-state index contributed by atoms with van der Waals surface area (Å²) in [7, 11) is 0. The predicted molar refractivity (Wildman–Crippen MR) is 189 cm³/mol. The largest absolute Gasteiger partial charge is 0.574 e. The molecule has 3 fully saturated rings. The summed E-state index contributed by atoms with van der Waals surface area (Å²) in [4.78, 5) is 98.2. The number of cyclic esters (lactones) is 2. The average molecular weight is 839 g/mol. The third-order valence-electron chi connectivity index (χ3n) is 9.10. The zero-order chi connectivity index (χ0) is 43.9. The van der Waals surface area contributed by atoms with Gasteiger partial charge in [-0.25, -0.2) is 28.8 Å². The SMILES string of the molecule is CC(=O)OCCC1(C)OC(=O)C(/C=C/C=C/C=C2C(=O)OC3(CCC4(CC3)OC(=O)C(=C/C=C/C=C/C3=C([O-])OC(C)(CCOC(C)=O)OC3=O)C(=O)O4)OC2=O)=C([O-])O1. The van der Waals surface area contributed by atoms with Crippen LogP contribution in [0.15, 0.2) is 94.9 Å². The minimum Gasteiger partial charge on any atom is -0.574 e. The predicted octanol–water partition coefficient (Wildman–Crippen LogP) is 0.860. The van der Waals surface area contributed by atoms with E-state index in [0.717, 1.165) is 24.3 Å². The van der Waals surface area contributed by atoms with Crippen molar-refractivity contribution in [3.05, 3.63) is 94.9 Å². The summed E-state index contributed by atoms with van der Waals surface area (Å²) in [6.45, 7) is 4.77. The molecule has 0 N–H and O–H groups in total. The Hall–Kier alpha value is -7.12. The minimum absolute atomic E-state index is 0.0844. The Morgan fingerprint density at radius 3 is 1.15 bits per heavy atom. The molecule has 0 aromatic carbocycles. The van der Waals surface area contributed by atoms with Gasteiger partial charge in [-0.3, -0.25) is 9.59 Å². The van der Waals surface area contributed by atoms with Crippen LogP contribution < -0.4 is 10.2 Å². The molecule has 5 aliphatic rings. The van der Waals surface area contributed by atoms with E-state index in [-0.39, 0.29) is 51.7 Å². The highest BCUT2D eigenvalue weighted by Gasteiger charge is 2.56. The molecular weight excluding hydrogens is 800 g/mol. The molecule has 2 saturated heterocycles. The van der Waals surface area contributed by atoms with Crippen LogP contribution in [0, 0.1) is 0 Å². The van der Waals surface area contributed by atoms with E-state index in [1.807, 2.05) is 0 Å². The molecule has 20 nitrogen and oxygen atoms in total. The molecule has 0 amide bonds. The zero-order valence-corrected chi connectivity index (χ0v) is 32.6. The number of rotatable bonds is 12. The molecule has 320 valence electrons. The number of hydrogen-bond acceptors (Lipinski definition) is 20. The van der Waals surface area contributed by atoms with Gasteiger partial charge in [0.2, 0.25) is 0 Å². The van der Waals surface area contributed by atoms with Gasteiger partial charge in [0.25, 0.3) is 11.6 Å². The summed E-state index contributed by atoms with van der Waals surface area (Å²) in [6, 6.07) is 0. The van der Waals surface area contributed by atoms with E-state index in [4.69, 9.17) is 47.4 Å². The van der Waals surface area contributed by atoms with Crippen molar-refractivity contribution >= 4 is 47.8 Å². The molecule has 1 aliphatic carbocycles. The lowest BCUT2D eigenvalue weighted by molar-refractivity contribution is -0.398. The van der Waals surface area contributed by atoms with Crippen LogP contribution in [0.25, 0.3) is 0 Å². The number of carbonyl (C=O) groups is 8. The summed E-state index contributed by atoms with van der Waals surface area (Å²) in [6.07, 6.45) is 11.0. The molecule has 2 spiro atoms. The van der Waals surface area contributed by atoms with E-state index in [0.29, 0.717) is 0 Å². The van der Waals surface area contributed by atoms with E-state index < -0.39 is 105 Å². The first-order chi connectivity index (χ1) is 28.3. The highest BCUT2D eigenvalue weighted by Crippen LogP contribution is 2.45. The quantitative estimate of drug-likeness (QED) is 0.0866. The van der Waals surface area contributed by atoms with Gasteiger partial charge in [0.05, 0.1) is 36.3 Å². The summed E-state index contributed by atoms with van der Waals surface area (Å²) < 4.78 is 52.2. The number of hydrogen-bond donors (Lipinski definition) is 0. The smallest absolute Gasteiger partial charge is 0.348 e. The first kappa shape index (κ1) is 44.0. The van der Waals surface area contributed by atoms with Crippen LogP contribution in [0.5, 0.6) is 0 Å². The highest BCUT2D eigenvalue weighted by molar-refractivity contribution is 6.16. The summed E-state index contributed by atoms with van der Waals surface area (Å²) in [5, 5.41) is 24.8. The standard InChI is InChI=1S/C40H40O20/c1-23(41)51-21-19-37(3)53-29(43)25(30(44)54-37)11-7-5-9-13-27-33(47)57-39(58-34(27)48)15-17-40(18-16-39)59-35(49)28(36(50)60-40)14-10-6-8-12-26-31(45)55-38(4,56-32(26)46)20-22-52-24(2)42/h5-14,43,45H,15-22H2,1-4H3/p-2/b9-5+,10-6+,11-7+,12-8+,27-13?,28-14?. The molecule has 1 saturated carbocycles. The Balaban J connectivity index is 1.11. The second-order valence-electron chi connectivity index (χ2n) is 13.9. The van der Waals surface area contributed by atoms with Gasteiger partial charge in [-0.15, -0.1) is 0 Å². The van der Waals surface area contributed by atoms with E-state index in [2.05, 4.69) is 0 Å². The summed E-state index contributed by atoms with van der Waals surface area (Å²) >= 11 is 0. The van der Waals surface area contributed by atoms with E-state index in [1.54, 1.807) is 0 Å². The van der Waals surface area contributed by atoms with Crippen LogP contribution >= 0.6 is 0 Å².